The average Bonchev–Trinajstić information content (AvgIpc) is 3.40. The Morgan fingerprint density at radius 3 is 0.892 bits per heavy atom. The van der Waals surface area contributed by atoms with Gasteiger partial charge >= 0.3 is 17.9 Å². The van der Waals surface area contributed by atoms with Crippen LogP contribution in [0.3, 0.4) is 0 Å². The van der Waals surface area contributed by atoms with E-state index in [2.05, 4.69) is 142 Å². The van der Waals surface area contributed by atoms with Gasteiger partial charge in [0.25, 0.3) is 0 Å². The summed E-state index contributed by atoms with van der Waals surface area (Å²) in [6.07, 6.45) is 84.9. The standard InChI is InChI=1S/C68H112O6/c1-4-7-10-13-16-19-22-24-26-28-29-30-31-32-33-34-35-36-37-38-39-41-42-44-46-49-52-55-58-61-67(70)73-64-65(63-72-66(69)60-57-54-51-48-21-18-15-12-9-6-3)74-68(71)62-59-56-53-50-47-45-43-40-27-25-23-20-17-14-11-8-5-2/h7,10,12,15-16,19,24-27,29-30,32-33,35-36,38-39,42,44,65H,4-6,8-9,11,13-14,17-18,20-23,28,31,34,37,40-41,43,45-64H2,1-3H3/b10-7-,15-12-,19-16-,26-24-,27-25-,30-29-,33-32-,36-35-,39-38-,44-42-. The van der Waals surface area contributed by atoms with Crippen molar-refractivity contribution in [2.75, 3.05) is 13.2 Å². The van der Waals surface area contributed by atoms with Crippen LogP contribution in [-0.2, 0) is 28.6 Å². The molecule has 420 valence electrons. The minimum atomic E-state index is -0.797. The molecule has 0 saturated carbocycles. The van der Waals surface area contributed by atoms with Gasteiger partial charge in [0.2, 0.25) is 0 Å². The molecule has 0 aliphatic rings. The van der Waals surface area contributed by atoms with E-state index in [1.54, 1.807) is 0 Å². The number of carbonyl (C=O) groups excluding carboxylic acids is 3. The summed E-state index contributed by atoms with van der Waals surface area (Å²) >= 11 is 0. The van der Waals surface area contributed by atoms with Gasteiger partial charge < -0.3 is 14.2 Å². The zero-order valence-corrected chi connectivity index (χ0v) is 48.1. The van der Waals surface area contributed by atoms with E-state index in [4.69, 9.17) is 14.2 Å². The van der Waals surface area contributed by atoms with E-state index < -0.39 is 6.10 Å². The van der Waals surface area contributed by atoms with Crippen LogP contribution in [0.25, 0.3) is 0 Å². The van der Waals surface area contributed by atoms with Gasteiger partial charge in [-0.2, -0.15) is 0 Å². The van der Waals surface area contributed by atoms with Gasteiger partial charge in [0.05, 0.1) is 0 Å². The third-order valence-corrected chi connectivity index (χ3v) is 12.7. The number of hydrogen-bond acceptors (Lipinski definition) is 6. The van der Waals surface area contributed by atoms with Gasteiger partial charge in [0.15, 0.2) is 6.10 Å². The van der Waals surface area contributed by atoms with E-state index in [1.807, 2.05) is 0 Å². The third kappa shape index (κ3) is 58.7. The Labute approximate surface area is 456 Å². The number of hydrogen-bond donors (Lipinski definition) is 0. The van der Waals surface area contributed by atoms with Gasteiger partial charge in [-0.1, -0.05) is 245 Å². The van der Waals surface area contributed by atoms with Crippen molar-refractivity contribution in [2.45, 2.75) is 277 Å². The Morgan fingerprint density at radius 2 is 0.554 bits per heavy atom. The Bertz CT molecular complexity index is 1550. The maximum atomic E-state index is 12.9. The summed E-state index contributed by atoms with van der Waals surface area (Å²) in [6.45, 7) is 6.43. The summed E-state index contributed by atoms with van der Waals surface area (Å²) in [7, 11) is 0. The molecule has 74 heavy (non-hydrogen) atoms. The van der Waals surface area contributed by atoms with Crippen LogP contribution in [0, 0.1) is 0 Å². The number of rotatable bonds is 54. The molecule has 1 unspecified atom stereocenters. The molecule has 0 aromatic carbocycles. The van der Waals surface area contributed by atoms with Crippen LogP contribution in [0.4, 0.5) is 0 Å². The summed E-state index contributed by atoms with van der Waals surface area (Å²) in [5, 5.41) is 0. The number of unbranched alkanes of at least 4 members (excludes halogenated alkanes) is 23. The summed E-state index contributed by atoms with van der Waals surface area (Å²) in [5.74, 6) is -0.935. The predicted molar refractivity (Wildman–Crippen MR) is 320 cm³/mol. The molecule has 0 N–H and O–H groups in total. The molecule has 1 atom stereocenters. The first kappa shape index (κ1) is 69.8. The summed E-state index contributed by atoms with van der Waals surface area (Å²) < 4.78 is 16.8. The lowest BCUT2D eigenvalue weighted by molar-refractivity contribution is -0.167. The summed E-state index contributed by atoms with van der Waals surface area (Å²) in [6, 6.07) is 0. The smallest absolute Gasteiger partial charge is 0.306 e. The maximum Gasteiger partial charge on any atom is 0.306 e. The first-order chi connectivity index (χ1) is 36.5. The SMILES string of the molecule is CC/C=C\C/C=C\C/C=C\C/C=C\C/C=C\C/C=C\C/C=C\C/C=C\CCCCCCC(=O)OCC(COC(=O)CCCCCCC/C=C\CCC)OC(=O)CCCCCCCCC/C=C\CCCCCCCC. The van der Waals surface area contributed by atoms with Crippen molar-refractivity contribution >= 4 is 17.9 Å². The zero-order chi connectivity index (χ0) is 53.6. The van der Waals surface area contributed by atoms with E-state index in [0.717, 1.165) is 141 Å². The molecule has 0 aromatic rings. The van der Waals surface area contributed by atoms with Crippen molar-refractivity contribution < 1.29 is 28.6 Å². The summed E-state index contributed by atoms with van der Waals surface area (Å²) in [5.41, 5.74) is 0. The van der Waals surface area contributed by atoms with Crippen molar-refractivity contribution in [3.8, 4) is 0 Å². The van der Waals surface area contributed by atoms with E-state index in [-0.39, 0.29) is 31.1 Å². The minimum Gasteiger partial charge on any atom is -0.462 e. The largest absolute Gasteiger partial charge is 0.462 e. The molecular formula is C68H112O6. The Balaban J connectivity index is 4.33. The first-order valence-electron chi connectivity index (χ1n) is 30.5. The van der Waals surface area contributed by atoms with Gasteiger partial charge in [-0.05, 0) is 128 Å². The molecule has 6 nitrogen and oxygen atoms in total. The fourth-order valence-corrected chi connectivity index (χ4v) is 8.10. The van der Waals surface area contributed by atoms with Crippen LogP contribution in [0.1, 0.15) is 271 Å². The molecule has 0 spiro atoms. The second-order valence-electron chi connectivity index (χ2n) is 19.9. The Morgan fingerprint density at radius 1 is 0.284 bits per heavy atom. The first-order valence-corrected chi connectivity index (χ1v) is 30.5. The molecule has 0 aliphatic heterocycles. The van der Waals surface area contributed by atoms with E-state index in [1.165, 1.54) is 89.9 Å². The van der Waals surface area contributed by atoms with Crippen LogP contribution < -0.4 is 0 Å². The number of ether oxygens (including phenoxy) is 3. The van der Waals surface area contributed by atoms with Gasteiger partial charge in [-0.15, -0.1) is 0 Å². The highest BCUT2D eigenvalue weighted by Gasteiger charge is 2.19. The van der Waals surface area contributed by atoms with Crippen molar-refractivity contribution in [1.82, 2.24) is 0 Å². The van der Waals surface area contributed by atoms with E-state index in [0.29, 0.717) is 19.3 Å². The lowest BCUT2D eigenvalue weighted by Gasteiger charge is -2.18. The Hall–Kier alpha value is -4.19. The van der Waals surface area contributed by atoms with Crippen molar-refractivity contribution in [2.24, 2.45) is 0 Å². The second-order valence-corrected chi connectivity index (χ2v) is 19.9. The molecule has 0 rings (SSSR count). The lowest BCUT2D eigenvalue weighted by Crippen LogP contribution is -2.30. The highest BCUT2D eigenvalue weighted by molar-refractivity contribution is 5.71. The summed E-state index contributed by atoms with van der Waals surface area (Å²) in [4.78, 5) is 38.1. The highest BCUT2D eigenvalue weighted by atomic mass is 16.6. The van der Waals surface area contributed by atoms with Crippen LogP contribution in [0.15, 0.2) is 122 Å². The maximum absolute atomic E-state index is 12.9. The molecule has 0 bridgehead atoms. The minimum absolute atomic E-state index is 0.0943. The fraction of sp³-hybridized carbons (Fsp3) is 0.662. The van der Waals surface area contributed by atoms with Gasteiger partial charge in [0, 0.05) is 19.3 Å². The van der Waals surface area contributed by atoms with Gasteiger partial charge in [0.1, 0.15) is 13.2 Å². The predicted octanol–water partition coefficient (Wildman–Crippen LogP) is 20.8. The topological polar surface area (TPSA) is 78.9 Å². The third-order valence-electron chi connectivity index (χ3n) is 12.7. The number of esters is 3. The van der Waals surface area contributed by atoms with Gasteiger partial charge in [-0.3, -0.25) is 14.4 Å². The second kappa shape index (κ2) is 61.4. The molecule has 0 aromatic heterocycles. The van der Waals surface area contributed by atoms with Crippen molar-refractivity contribution in [3.63, 3.8) is 0 Å². The van der Waals surface area contributed by atoms with Gasteiger partial charge in [-0.25, -0.2) is 0 Å². The lowest BCUT2D eigenvalue weighted by atomic mass is 10.1. The quantitative estimate of drug-likeness (QED) is 0.0261. The normalized spacial score (nSPS) is 13.0. The average molecular weight is 1030 g/mol. The molecule has 0 heterocycles. The molecule has 0 aliphatic carbocycles. The molecule has 0 saturated heterocycles. The monoisotopic (exact) mass is 1020 g/mol. The molecule has 0 amide bonds. The molecule has 0 fully saturated rings. The fourth-order valence-electron chi connectivity index (χ4n) is 8.10. The molecular weight excluding hydrogens is 913 g/mol. The van der Waals surface area contributed by atoms with Crippen LogP contribution in [0.5, 0.6) is 0 Å². The zero-order valence-electron chi connectivity index (χ0n) is 48.1. The van der Waals surface area contributed by atoms with Crippen LogP contribution in [-0.4, -0.2) is 37.2 Å². The molecule has 0 radical (unpaired) electrons. The highest BCUT2D eigenvalue weighted by Crippen LogP contribution is 2.14. The van der Waals surface area contributed by atoms with E-state index in [9.17, 15) is 14.4 Å². The van der Waals surface area contributed by atoms with Crippen molar-refractivity contribution in [1.29, 1.82) is 0 Å². The van der Waals surface area contributed by atoms with Crippen molar-refractivity contribution in [3.05, 3.63) is 122 Å². The number of carbonyl (C=O) groups is 3. The molecule has 6 heteroatoms. The Kier molecular flexibility index (Phi) is 57.9. The van der Waals surface area contributed by atoms with E-state index >= 15 is 0 Å². The van der Waals surface area contributed by atoms with Crippen LogP contribution >= 0.6 is 0 Å². The number of allylic oxidation sites excluding steroid dienone is 20. The van der Waals surface area contributed by atoms with Crippen LogP contribution in [0.2, 0.25) is 0 Å².